The van der Waals surface area contributed by atoms with Gasteiger partial charge in [0.2, 0.25) is 0 Å². The molecule has 3 amide bonds. The average Bonchev–Trinajstić information content (AvgIpc) is 2.25. The van der Waals surface area contributed by atoms with Crippen molar-refractivity contribution in [1.29, 1.82) is 0 Å². The highest BCUT2D eigenvalue weighted by atomic mass is 16.2. The van der Waals surface area contributed by atoms with Crippen molar-refractivity contribution in [3.63, 3.8) is 0 Å². The van der Waals surface area contributed by atoms with Crippen molar-refractivity contribution in [3.05, 3.63) is 12.3 Å². The van der Waals surface area contributed by atoms with Crippen molar-refractivity contribution in [2.45, 2.75) is 19.8 Å². The van der Waals surface area contributed by atoms with Crippen LogP contribution in [0.3, 0.4) is 0 Å². The molecule has 1 fully saturated rings. The van der Waals surface area contributed by atoms with Gasteiger partial charge in [0.1, 0.15) is 5.70 Å². The van der Waals surface area contributed by atoms with E-state index in [1.165, 1.54) is 4.90 Å². The molecule has 1 heterocycles. The fourth-order valence-electron chi connectivity index (χ4n) is 1.02. The van der Waals surface area contributed by atoms with Crippen LogP contribution in [0, 0.1) is 0 Å². The number of hydrogen-bond acceptors (Lipinski definition) is 2. The predicted molar refractivity (Wildman–Crippen MR) is 44.3 cm³/mol. The summed E-state index contributed by atoms with van der Waals surface area (Å²) in [6, 6.07) is -0.349. The molecule has 0 unspecified atom stereocenters. The van der Waals surface area contributed by atoms with Crippen LogP contribution in [0.15, 0.2) is 12.3 Å². The normalized spacial score (nSPS) is 17.1. The first kappa shape index (κ1) is 8.77. The Hall–Kier alpha value is -1.32. The number of nitrogens with one attached hydrogen (secondary N) is 1. The third-order valence-electron chi connectivity index (χ3n) is 1.74. The van der Waals surface area contributed by atoms with Gasteiger partial charge >= 0.3 is 6.03 Å². The second-order valence-electron chi connectivity index (χ2n) is 2.72. The van der Waals surface area contributed by atoms with Gasteiger partial charge < -0.3 is 5.32 Å². The Morgan fingerprint density at radius 1 is 1.50 bits per heavy atom. The van der Waals surface area contributed by atoms with Crippen LogP contribution in [-0.4, -0.2) is 23.4 Å². The van der Waals surface area contributed by atoms with E-state index in [0.717, 1.165) is 12.8 Å². The number of amides is 3. The molecule has 1 saturated heterocycles. The van der Waals surface area contributed by atoms with Gasteiger partial charge in [-0.05, 0) is 6.42 Å². The molecule has 12 heavy (non-hydrogen) atoms. The standard InChI is InChI=1S/C8H12N2O2/c1-3-4-5-10-7(11)6(2)9-8(10)12/h2-5H2,1H3,(H,9,12). The van der Waals surface area contributed by atoms with Gasteiger partial charge in [-0.1, -0.05) is 19.9 Å². The average molecular weight is 168 g/mol. The number of rotatable bonds is 3. The highest BCUT2D eigenvalue weighted by Gasteiger charge is 2.31. The SMILES string of the molecule is C=C1NC(=O)N(CCCC)C1=O. The van der Waals surface area contributed by atoms with Crippen LogP contribution < -0.4 is 5.32 Å². The summed E-state index contributed by atoms with van der Waals surface area (Å²) in [7, 11) is 0. The molecule has 0 saturated carbocycles. The molecular weight excluding hydrogens is 156 g/mol. The number of urea groups is 1. The van der Waals surface area contributed by atoms with Gasteiger partial charge in [-0.3, -0.25) is 9.69 Å². The van der Waals surface area contributed by atoms with Gasteiger partial charge in [-0.15, -0.1) is 0 Å². The minimum absolute atomic E-state index is 0.177. The van der Waals surface area contributed by atoms with Gasteiger partial charge in [0.25, 0.3) is 5.91 Å². The predicted octanol–water partition coefficient (Wildman–Crippen LogP) is 0.852. The van der Waals surface area contributed by atoms with E-state index in [0.29, 0.717) is 6.54 Å². The Balaban J connectivity index is 2.58. The number of hydrogen-bond donors (Lipinski definition) is 1. The molecule has 1 aliphatic heterocycles. The molecule has 0 spiro atoms. The Morgan fingerprint density at radius 2 is 2.17 bits per heavy atom. The largest absolute Gasteiger partial charge is 0.328 e. The molecule has 66 valence electrons. The van der Waals surface area contributed by atoms with Gasteiger partial charge in [0.05, 0.1) is 0 Å². The second-order valence-corrected chi connectivity index (χ2v) is 2.72. The zero-order chi connectivity index (χ0) is 9.14. The maximum absolute atomic E-state index is 11.2. The third-order valence-corrected chi connectivity index (χ3v) is 1.74. The molecule has 0 bridgehead atoms. The van der Waals surface area contributed by atoms with Gasteiger partial charge in [-0.25, -0.2) is 4.79 Å². The summed E-state index contributed by atoms with van der Waals surface area (Å²) >= 11 is 0. The maximum atomic E-state index is 11.2. The summed E-state index contributed by atoms with van der Waals surface area (Å²) in [4.78, 5) is 23.4. The molecule has 0 aromatic carbocycles. The summed E-state index contributed by atoms with van der Waals surface area (Å²) in [5.41, 5.74) is 0.177. The van der Waals surface area contributed by atoms with Crippen molar-refractivity contribution in [1.82, 2.24) is 10.2 Å². The zero-order valence-electron chi connectivity index (χ0n) is 7.09. The molecule has 0 aliphatic carbocycles. The lowest BCUT2D eigenvalue weighted by molar-refractivity contribution is -0.122. The lowest BCUT2D eigenvalue weighted by Crippen LogP contribution is -2.31. The molecule has 1 N–H and O–H groups in total. The topological polar surface area (TPSA) is 49.4 Å². The summed E-state index contributed by atoms with van der Waals surface area (Å²) in [5.74, 6) is -0.298. The van der Waals surface area contributed by atoms with Gasteiger partial charge in [0.15, 0.2) is 0 Å². The van der Waals surface area contributed by atoms with Crippen LogP contribution in [0.5, 0.6) is 0 Å². The first-order valence-corrected chi connectivity index (χ1v) is 3.98. The fourth-order valence-corrected chi connectivity index (χ4v) is 1.02. The molecule has 1 aliphatic rings. The summed E-state index contributed by atoms with van der Waals surface area (Å²) in [6.07, 6.45) is 1.80. The molecular formula is C8H12N2O2. The van der Waals surface area contributed by atoms with Crippen molar-refractivity contribution < 1.29 is 9.59 Å². The molecule has 4 nitrogen and oxygen atoms in total. The summed E-state index contributed by atoms with van der Waals surface area (Å²) in [5, 5.41) is 2.37. The third kappa shape index (κ3) is 1.47. The molecule has 1 rings (SSSR count). The van der Waals surface area contributed by atoms with E-state index in [4.69, 9.17) is 0 Å². The first-order valence-electron chi connectivity index (χ1n) is 3.98. The van der Waals surface area contributed by atoms with Gasteiger partial charge in [-0.2, -0.15) is 0 Å². The van der Waals surface area contributed by atoms with Crippen LogP contribution in [0.2, 0.25) is 0 Å². The number of imide groups is 1. The Bertz CT molecular complexity index is 235. The molecule has 0 atom stereocenters. The second kappa shape index (κ2) is 3.38. The van der Waals surface area contributed by atoms with Crippen LogP contribution in [0.1, 0.15) is 19.8 Å². The van der Waals surface area contributed by atoms with Crippen molar-refractivity contribution in [2.75, 3.05) is 6.54 Å². The van der Waals surface area contributed by atoms with E-state index in [1.807, 2.05) is 6.92 Å². The lowest BCUT2D eigenvalue weighted by atomic mass is 10.3. The van der Waals surface area contributed by atoms with Crippen LogP contribution >= 0.6 is 0 Å². The molecule has 0 radical (unpaired) electrons. The van der Waals surface area contributed by atoms with E-state index in [9.17, 15) is 9.59 Å². The Labute approximate surface area is 71.2 Å². The number of nitrogens with zero attached hydrogens (tertiary/aromatic N) is 1. The number of carbonyl (C=O) groups excluding carboxylic acids is 2. The van der Waals surface area contributed by atoms with Crippen molar-refractivity contribution >= 4 is 11.9 Å². The quantitative estimate of drug-likeness (QED) is 0.501. The van der Waals surface area contributed by atoms with Crippen LogP contribution in [0.25, 0.3) is 0 Å². The van der Waals surface area contributed by atoms with E-state index >= 15 is 0 Å². The molecule has 0 aromatic heterocycles. The first-order chi connectivity index (χ1) is 5.66. The van der Waals surface area contributed by atoms with E-state index in [2.05, 4.69) is 11.9 Å². The van der Waals surface area contributed by atoms with Crippen molar-refractivity contribution in [2.24, 2.45) is 0 Å². The summed E-state index contributed by atoms with van der Waals surface area (Å²) in [6.45, 7) is 5.91. The summed E-state index contributed by atoms with van der Waals surface area (Å²) < 4.78 is 0. The van der Waals surface area contributed by atoms with Crippen LogP contribution in [0.4, 0.5) is 4.79 Å². The zero-order valence-corrected chi connectivity index (χ0v) is 7.09. The lowest BCUT2D eigenvalue weighted by Gasteiger charge is -2.09. The van der Waals surface area contributed by atoms with Gasteiger partial charge in [0, 0.05) is 6.54 Å². The smallest absolute Gasteiger partial charge is 0.303 e. The fraction of sp³-hybridized carbons (Fsp3) is 0.500. The maximum Gasteiger partial charge on any atom is 0.328 e. The minimum Gasteiger partial charge on any atom is -0.303 e. The van der Waals surface area contributed by atoms with Crippen molar-refractivity contribution in [3.8, 4) is 0 Å². The van der Waals surface area contributed by atoms with Crippen LogP contribution in [-0.2, 0) is 4.79 Å². The van der Waals surface area contributed by atoms with E-state index in [1.54, 1.807) is 0 Å². The monoisotopic (exact) mass is 168 g/mol. The molecule has 0 aromatic rings. The minimum atomic E-state index is -0.349. The Kier molecular flexibility index (Phi) is 2.47. The number of unbranched alkanes of at least 4 members (excludes halogenated alkanes) is 1. The van der Waals surface area contributed by atoms with E-state index < -0.39 is 0 Å². The number of carbonyl (C=O) groups is 2. The highest BCUT2D eigenvalue weighted by molar-refractivity contribution is 6.11. The highest BCUT2D eigenvalue weighted by Crippen LogP contribution is 2.08. The Morgan fingerprint density at radius 3 is 2.58 bits per heavy atom. The van der Waals surface area contributed by atoms with E-state index in [-0.39, 0.29) is 17.6 Å². The molecule has 4 heteroatoms.